The zero-order valence-corrected chi connectivity index (χ0v) is 14.1. The molecular formula is C18H28O2. The van der Waals surface area contributed by atoms with Crippen LogP contribution in [0.15, 0.2) is 6.07 Å². The Kier molecular flexibility index (Phi) is 4.38. The van der Waals surface area contributed by atoms with Gasteiger partial charge in [0, 0.05) is 0 Å². The Hall–Kier alpha value is -1.31. The molecule has 0 unspecified atom stereocenters. The first kappa shape index (κ1) is 16.7. The van der Waals surface area contributed by atoms with Gasteiger partial charge < -0.3 is 5.11 Å². The lowest BCUT2D eigenvalue weighted by Crippen LogP contribution is -2.26. The minimum Gasteiger partial charge on any atom is -0.478 e. The van der Waals surface area contributed by atoms with Crippen molar-refractivity contribution in [2.24, 2.45) is 0 Å². The van der Waals surface area contributed by atoms with Gasteiger partial charge in [-0.2, -0.15) is 0 Å². The Balaban J connectivity index is 3.90. The molecule has 2 nitrogen and oxygen atoms in total. The Morgan fingerprint density at radius 3 is 1.90 bits per heavy atom. The first-order valence-corrected chi connectivity index (χ1v) is 7.32. The molecule has 0 amide bonds. The van der Waals surface area contributed by atoms with Crippen LogP contribution in [0.3, 0.4) is 0 Å². The van der Waals surface area contributed by atoms with Gasteiger partial charge in [-0.3, -0.25) is 0 Å². The molecule has 112 valence electrons. The van der Waals surface area contributed by atoms with Crippen LogP contribution in [0.25, 0.3) is 0 Å². The Bertz CT molecular complexity index is 526. The quantitative estimate of drug-likeness (QED) is 0.838. The average Bonchev–Trinajstić information content (AvgIpc) is 2.24. The van der Waals surface area contributed by atoms with E-state index in [9.17, 15) is 9.90 Å². The van der Waals surface area contributed by atoms with E-state index in [1.165, 1.54) is 11.1 Å². The largest absolute Gasteiger partial charge is 0.478 e. The summed E-state index contributed by atoms with van der Waals surface area (Å²) >= 11 is 0. The van der Waals surface area contributed by atoms with Crippen molar-refractivity contribution in [2.75, 3.05) is 0 Å². The second kappa shape index (κ2) is 5.23. The molecule has 0 atom stereocenters. The predicted octanol–water partition coefficient (Wildman–Crippen LogP) is 4.85. The highest BCUT2D eigenvalue weighted by molar-refractivity contribution is 5.90. The lowest BCUT2D eigenvalue weighted by atomic mass is 9.71. The molecule has 0 heterocycles. The first-order chi connectivity index (χ1) is 8.91. The number of carbonyl (C=O) groups is 1. The lowest BCUT2D eigenvalue weighted by molar-refractivity contribution is 0.0695. The lowest BCUT2D eigenvalue weighted by Gasteiger charge is -2.34. The zero-order valence-electron chi connectivity index (χ0n) is 14.1. The molecule has 0 aromatic heterocycles. The van der Waals surface area contributed by atoms with E-state index < -0.39 is 5.97 Å². The molecule has 1 aromatic carbocycles. The van der Waals surface area contributed by atoms with Crippen molar-refractivity contribution in [2.45, 2.75) is 72.6 Å². The SMILES string of the molecule is CCc1c(C)c(C(=O)O)cc(C(C)(C)C)c1C(C)(C)C. The summed E-state index contributed by atoms with van der Waals surface area (Å²) < 4.78 is 0. The molecule has 0 spiro atoms. The van der Waals surface area contributed by atoms with E-state index >= 15 is 0 Å². The van der Waals surface area contributed by atoms with Crippen molar-refractivity contribution in [3.8, 4) is 0 Å². The standard InChI is InChI=1S/C18H28O2/c1-9-12-11(2)13(16(19)20)10-14(17(3,4)5)15(12)18(6,7)8/h10H,9H2,1-8H3,(H,19,20). The summed E-state index contributed by atoms with van der Waals surface area (Å²) in [4.78, 5) is 11.5. The second-order valence-corrected chi connectivity index (χ2v) is 7.61. The van der Waals surface area contributed by atoms with Gasteiger partial charge in [0.2, 0.25) is 0 Å². The van der Waals surface area contributed by atoms with Crippen LogP contribution in [-0.4, -0.2) is 11.1 Å². The van der Waals surface area contributed by atoms with Gasteiger partial charge in [0.05, 0.1) is 5.56 Å². The summed E-state index contributed by atoms with van der Waals surface area (Å²) in [6, 6.07) is 1.89. The maximum atomic E-state index is 11.5. The maximum absolute atomic E-state index is 11.5. The minimum absolute atomic E-state index is 0.00967. The van der Waals surface area contributed by atoms with E-state index in [2.05, 4.69) is 48.5 Å². The van der Waals surface area contributed by atoms with Crippen molar-refractivity contribution in [3.63, 3.8) is 0 Å². The third-order valence-electron chi connectivity index (χ3n) is 3.86. The van der Waals surface area contributed by atoms with Gasteiger partial charge in [-0.25, -0.2) is 4.79 Å². The fourth-order valence-electron chi connectivity index (χ4n) is 2.95. The number of benzene rings is 1. The number of carboxylic acids is 1. The third kappa shape index (κ3) is 3.05. The van der Waals surface area contributed by atoms with E-state index in [4.69, 9.17) is 0 Å². The number of rotatable bonds is 2. The summed E-state index contributed by atoms with van der Waals surface area (Å²) in [7, 11) is 0. The van der Waals surface area contributed by atoms with Crippen molar-refractivity contribution in [1.29, 1.82) is 0 Å². The topological polar surface area (TPSA) is 37.3 Å². The molecule has 2 heteroatoms. The molecule has 0 saturated heterocycles. The maximum Gasteiger partial charge on any atom is 0.335 e. The number of hydrogen-bond donors (Lipinski definition) is 1. The summed E-state index contributed by atoms with van der Waals surface area (Å²) in [5.41, 5.74) is 4.97. The fraction of sp³-hybridized carbons (Fsp3) is 0.611. The van der Waals surface area contributed by atoms with Gasteiger partial charge >= 0.3 is 5.97 Å². The zero-order chi connectivity index (χ0) is 15.9. The summed E-state index contributed by atoms with van der Waals surface area (Å²) in [6.07, 6.45) is 0.864. The Morgan fingerprint density at radius 1 is 1.10 bits per heavy atom. The van der Waals surface area contributed by atoms with Crippen molar-refractivity contribution >= 4 is 5.97 Å². The van der Waals surface area contributed by atoms with Gasteiger partial charge in [-0.05, 0) is 52.5 Å². The molecule has 1 rings (SSSR count). The van der Waals surface area contributed by atoms with Crippen LogP contribution < -0.4 is 0 Å². The molecule has 0 aliphatic rings. The van der Waals surface area contributed by atoms with E-state index in [1.54, 1.807) is 0 Å². The smallest absolute Gasteiger partial charge is 0.335 e. The average molecular weight is 276 g/mol. The molecule has 1 aromatic rings. The highest BCUT2D eigenvalue weighted by Gasteiger charge is 2.30. The van der Waals surface area contributed by atoms with Crippen molar-refractivity contribution < 1.29 is 9.90 Å². The van der Waals surface area contributed by atoms with Gasteiger partial charge in [-0.15, -0.1) is 0 Å². The predicted molar refractivity (Wildman–Crippen MR) is 84.9 cm³/mol. The normalized spacial score (nSPS) is 12.6. The highest BCUT2D eigenvalue weighted by Crippen LogP contribution is 2.39. The molecule has 1 N–H and O–H groups in total. The number of aromatic carboxylic acids is 1. The molecule has 0 radical (unpaired) electrons. The second-order valence-electron chi connectivity index (χ2n) is 7.61. The molecular weight excluding hydrogens is 248 g/mol. The van der Waals surface area contributed by atoms with Gasteiger partial charge in [-0.1, -0.05) is 48.5 Å². The number of hydrogen-bond acceptors (Lipinski definition) is 1. The molecule has 0 aliphatic heterocycles. The van der Waals surface area contributed by atoms with Gasteiger partial charge in [0.15, 0.2) is 0 Å². The van der Waals surface area contributed by atoms with Crippen LogP contribution in [-0.2, 0) is 17.3 Å². The van der Waals surface area contributed by atoms with Crippen LogP contribution >= 0.6 is 0 Å². The first-order valence-electron chi connectivity index (χ1n) is 7.32. The van der Waals surface area contributed by atoms with Crippen LogP contribution in [0.2, 0.25) is 0 Å². The van der Waals surface area contributed by atoms with E-state index in [0.717, 1.165) is 17.5 Å². The minimum atomic E-state index is -0.830. The molecule has 0 bridgehead atoms. The van der Waals surface area contributed by atoms with Gasteiger partial charge in [0.25, 0.3) is 0 Å². The van der Waals surface area contributed by atoms with E-state index in [-0.39, 0.29) is 10.8 Å². The summed E-state index contributed by atoms with van der Waals surface area (Å²) in [5, 5.41) is 9.47. The number of carboxylic acid groups (broad SMARTS) is 1. The molecule has 0 fully saturated rings. The van der Waals surface area contributed by atoms with Gasteiger partial charge in [0.1, 0.15) is 0 Å². The Labute approximate surface area is 123 Å². The van der Waals surface area contributed by atoms with Crippen LogP contribution in [0.4, 0.5) is 0 Å². The fourth-order valence-corrected chi connectivity index (χ4v) is 2.95. The molecule has 0 saturated carbocycles. The van der Waals surface area contributed by atoms with Crippen LogP contribution in [0.1, 0.15) is 81.1 Å². The summed E-state index contributed by atoms with van der Waals surface area (Å²) in [5.74, 6) is -0.830. The monoisotopic (exact) mass is 276 g/mol. The third-order valence-corrected chi connectivity index (χ3v) is 3.86. The highest BCUT2D eigenvalue weighted by atomic mass is 16.4. The molecule has 0 aliphatic carbocycles. The summed E-state index contributed by atoms with van der Waals surface area (Å²) in [6.45, 7) is 17.1. The van der Waals surface area contributed by atoms with E-state index in [1.807, 2.05) is 13.0 Å². The van der Waals surface area contributed by atoms with Crippen molar-refractivity contribution in [3.05, 3.63) is 33.9 Å². The van der Waals surface area contributed by atoms with Crippen LogP contribution in [0.5, 0.6) is 0 Å². The van der Waals surface area contributed by atoms with Crippen LogP contribution in [0, 0.1) is 6.92 Å². The molecule has 20 heavy (non-hydrogen) atoms. The Morgan fingerprint density at radius 2 is 1.60 bits per heavy atom. The van der Waals surface area contributed by atoms with E-state index in [0.29, 0.717) is 5.56 Å². The van der Waals surface area contributed by atoms with Crippen molar-refractivity contribution in [1.82, 2.24) is 0 Å².